The van der Waals surface area contributed by atoms with Crippen LogP contribution in [0.4, 0.5) is 5.69 Å². The van der Waals surface area contributed by atoms with Crippen molar-refractivity contribution in [2.75, 3.05) is 5.32 Å². The zero-order valence-electron chi connectivity index (χ0n) is 12.3. The Balaban J connectivity index is 1.90. The van der Waals surface area contributed by atoms with Gasteiger partial charge in [-0.3, -0.25) is 14.6 Å². The van der Waals surface area contributed by atoms with E-state index in [0.29, 0.717) is 5.69 Å². The first-order valence-corrected chi connectivity index (χ1v) is 6.68. The van der Waals surface area contributed by atoms with Crippen LogP contribution >= 0.6 is 0 Å². The largest absolute Gasteiger partial charge is 0.329 e. The molecule has 0 aliphatic heterocycles. The van der Waals surface area contributed by atoms with E-state index < -0.39 is 11.8 Å². The highest BCUT2D eigenvalue weighted by atomic mass is 16.2. The maximum atomic E-state index is 11.7. The third-order valence-corrected chi connectivity index (χ3v) is 3.04. The molecule has 6 nitrogen and oxygen atoms in total. The summed E-state index contributed by atoms with van der Waals surface area (Å²) in [6.07, 6.45) is 4.63. The van der Waals surface area contributed by atoms with Crippen LogP contribution in [0.25, 0.3) is 0 Å². The van der Waals surface area contributed by atoms with Gasteiger partial charge in [0.25, 0.3) is 0 Å². The highest BCUT2D eigenvalue weighted by Gasteiger charge is 2.12. The van der Waals surface area contributed by atoms with Crippen molar-refractivity contribution in [1.29, 1.82) is 0 Å². The molecule has 6 heteroatoms. The summed E-state index contributed by atoms with van der Waals surface area (Å²) in [6.45, 7) is 3.91. The van der Waals surface area contributed by atoms with Crippen molar-refractivity contribution in [3.05, 3.63) is 59.4 Å². The molecule has 2 N–H and O–H groups in total. The summed E-state index contributed by atoms with van der Waals surface area (Å²) < 4.78 is 0. The summed E-state index contributed by atoms with van der Waals surface area (Å²) in [5.41, 5.74) is 5.61. The van der Waals surface area contributed by atoms with Crippen molar-refractivity contribution in [3.8, 4) is 0 Å². The Labute approximate surface area is 128 Å². The molecule has 22 heavy (non-hydrogen) atoms. The van der Waals surface area contributed by atoms with E-state index in [4.69, 9.17) is 0 Å². The van der Waals surface area contributed by atoms with E-state index >= 15 is 0 Å². The summed E-state index contributed by atoms with van der Waals surface area (Å²) >= 11 is 0. The predicted octanol–water partition coefficient (Wildman–Crippen LogP) is 1.79. The minimum Gasteiger partial charge on any atom is -0.318 e. The van der Waals surface area contributed by atoms with E-state index in [1.807, 2.05) is 19.9 Å². The van der Waals surface area contributed by atoms with Crippen LogP contribution in [0.3, 0.4) is 0 Å². The fourth-order valence-electron chi connectivity index (χ4n) is 1.68. The van der Waals surface area contributed by atoms with Crippen molar-refractivity contribution in [3.63, 3.8) is 0 Å². The number of nitrogens with zero attached hydrogens (tertiary/aromatic N) is 2. The molecular formula is C16H16N4O2. The average Bonchev–Trinajstić information content (AvgIpc) is 2.52. The zero-order valence-corrected chi connectivity index (χ0v) is 12.3. The molecule has 0 saturated heterocycles. The minimum atomic E-state index is -0.835. The third-order valence-electron chi connectivity index (χ3n) is 3.04. The van der Waals surface area contributed by atoms with Crippen molar-refractivity contribution in [2.24, 2.45) is 5.10 Å². The molecule has 0 bridgehead atoms. The van der Waals surface area contributed by atoms with Gasteiger partial charge in [0.1, 0.15) is 0 Å². The van der Waals surface area contributed by atoms with E-state index in [1.165, 1.54) is 6.21 Å². The number of anilines is 1. The van der Waals surface area contributed by atoms with Gasteiger partial charge in [-0.05, 0) is 43.2 Å². The van der Waals surface area contributed by atoms with Gasteiger partial charge in [-0.25, -0.2) is 5.43 Å². The predicted molar refractivity (Wildman–Crippen MR) is 84.5 cm³/mol. The number of pyridine rings is 1. The number of hydrogen-bond acceptors (Lipinski definition) is 4. The summed E-state index contributed by atoms with van der Waals surface area (Å²) in [7, 11) is 0. The van der Waals surface area contributed by atoms with Crippen molar-refractivity contribution >= 4 is 23.7 Å². The van der Waals surface area contributed by atoms with Gasteiger partial charge >= 0.3 is 11.8 Å². The van der Waals surface area contributed by atoms with Crippen molar-refractivity contribution in [1.82, 2.24) is 10.4 Å². The van der Waals surface area contributed by atoms with Gasteiger partial charge < -0.3 is 5.32 Å². The van der Waals surface area contributed by atoms with Gasteiger partial charge in [-0.1, -0.05) is 12.1 Å². The average molecular weight is 296 g/mol. The Bertz CT molecular complexity index is 711. The van der Waals surface area contributed by atoms with Crippen molar-refractivity contribution < 1.29 is 9.59 Å². The monoisotopic (exact) mass is 296 g/mol. The molecule has 0 aliphatic carbocycles. The van der Waals surface area contributed by atoms with Crippen LogP contribution < -0.4 is 10.7 Å². The molecule has 2 rings (SSSR count). The van der Waals surface area contributed by atoms with E-state index in [2.05, 4.69) is 20.8 Å². The van der Waals surface area contributed by atoms with Crippen LogP contribution in [0.15, 0.2) is 47.8 Å². The second kappa shape index (κ2) is 7.12. The van der Waals surface area contributed by atoms with Crippen LogP contribution in [-0.2, 0) is 9.59 Å². The maximum Gasteiger partial charge on any atom is 0.329 e. The molecule has 0 saturated carbocycles. The molecule has 2 amide bonds. The number of aryl methyl sites for hydroxylation is 2. The Morgan fingerprint density at radius 3 is 2.64 bits per heavy atom. The van der Waals surface area contributed by atoms with Crippen LogP contribution in [0.2, 0.25) is 0 Å². The molecular weight excluding hydrogens is 280 g/mol. The number of aromatic nitrogens is 1. The highest BCUT2D eigenvalue weighted by Crippen LogP contribution is 2.13. The normalized spacial score (nSPS) is 10.5. The Morgan fingerprint density at radius 1 is 1.14 bits per heavy atom. The van der Waals surface area contributed by atoms with E-state index in [9.17, 15) is 9.59 Å². The molecule has 0 unspecified atom stereocenters. The lowest BCUT2D eigenvalue weighted by atomic mass is 10.1. The number of hydrogen-bond donors (Lipinski definition) is 2. The number of carbonyl (C=O) groups is 2. The van der Waals surface area contributed by atoms with E-state index in [-0.39, 0.29) is 0 Å². The molecule has 0 radical (unpaired) electrons. The first-order chi connectivity index (χ1) is 10.6. The smallest absolute Gasteiger partial charge is 0.318 e. The van der Waals surface area contributed by atoms with Gasteiger partial charge in [0.2, 0.25) is 0 Å². The van der Waals surface area contributed by atoms with Gasteiger partial charge in [-0.15, -0.1) is 0 Å². The zero-order chi connectivity index (χ0) is 15.9. The highest BCUT2D eigenvalue weighted by molar-refractivity contribution is 6.39. The van der Waals surface area contributed by atoms with Crippen LogP contribution in [0.5, 0.6) is 0 Å². The number of carbonyl (C=O) groups excluding carboxylic acids is 2. The molecule has 2 aromatic rings. The second-order valence-corrected chi connectivity index (χ2v) is 4.74. The maximum absolute atomic E-state index is 11.7. The first kappa shape index (κ1) is 15.4. The fourth-order valence-corrected chi connectivity index (χ4v) is 1.68. The lowest BCUT2D eigenvalue weighted by Gasteiger charge is -2.06. The molecule has 0 spiro atoms. The third kappa shape index (κ3) is 4.24. The van der Waals surface area contributed by atoms with Crippen LogP contribution in [-0.4, -0.2) is 23.0 Å². The topological polar surface area (TPSA) is 83.5 Å². The van der Waals surface area contributed by atoms with E-state index in [0.717, 1.165) is 16.7 Å². The second-order valence-electron chi connectivity index (χ2n) is 4.74. The fraction of sp³-hybridized carbons (Fsp3) is 0.125. The number of rotatable bonds is 3. The molecule has 0 aliphatic rings. The SMILES string of the molecule is Cc1ccc(NC(=O)C(=O)N/N=C\c2cccnc2)cc1C. The Morgan fingerprint density at radius 2 is 1.95 bits per heavy atom. The summed E-state index contributed by atoms with van der Waals surface area (Å²) in [6, 6.07) is 8.95. The van der Waals surface area contributed by atoms with E-state index in [1.54, 1.807) is 36.7 Å². The molecule has 112 valence electrons. The molecule has 1 aromatic carbocycles. The number of nitrogens with one attached hydrogen (secondary N) is 2. The number of amides is 2. The van der Waals surface area contributed by atoms with Gasteiger partial charge in [-0.2, -0.15) is 5.10 Å². The van der Waals surface area contributed by atoms with Gasteiger partial charge in [0.15, 0.2) is 0 Å². The molecule has 1 heterocycles. The Hall–Kier alpha value is -3.02. The van der Waals surface area contributed by atoms with Crippen molar-refractivity contribution in [2.45, 2.75) is 13.8 Å². The van der Waals surface area contributed by atoms with Crippen LogP contribution in [0, 0.1) is 13.8 Å². The lowest BCUT2D eigenvalue weighted by molar-refractivity contribution is -0.136. The Kier molecular flexibility index (Phi) is 4.98. The quantitative estimate of drug-likeness (QED) is 0.514. The summed E-state index contributed by atoms with van der Waals surface area (Å²) in [5, 5.41) is 6.23. The van der Waals surface area contributed by atoms with Crippen LogP contribution in [0.1, 0.15) is 16.7 Å². The standard InChI is InChI=1S/C16H16N4O2/c1-11-5-6-14(8-12(11)2)19-15(21)16(22)20-18-10-13-4-3-7-17-9-13/h3-10H,1-2H3,(H,19,21)(H,20,22)/b18-10-. The summed E-state index contributed by atoms with van der Waals surface area (Å²) in [4.78, 5) is 27.3. The van der Waals surface area contributed by atoms with Gasteiger partial charge in [0, 0.05) is 23.6 Å². The first-order valence-electron chi connectivity index (χ1n) is 6.68. The molecule has 0 fully saturated rings. The summed E-state index contributed by atoms with van der Waals surface area (Å²) in [5.74, 6) is -1.61. The van der Waals surface area contributed by atoms with Gasteiger partial charge in [0.05, 0.1) is 6.21 Å². The lowest BCUT2D eigenvalue weighted by Crippen LogP contribution is -2.32. The number of benzene rings is 1. The number of hydrazone groups is 1. The minimum absolute atomic E-state index is 0.569. The molecule has 1 aromatic heterocycles. The molecule has 0 atom stereocenters.